The van der Waals surface area contributed by atoms with Crippen molar-refractivity contribution in [3.05, 3.63) is 57.8 Å². The molecule has 1 aliphatic rings. The third kappa shape index (κ3) is 4.23. The first-order valence-electron chi connectivity index (χ1n) is 8.39. The normalized spacial score (nSPS) is 14.9. The molecule has 1 atom stereocenters. The van der Waals surface area contributed by atoms with E-state index < -0.39 is 6.04 Å². The fourth-order valence-electron chi connectivity index (χ4n) is 2.63. The minimum atomic E-state index is -0.549. The summed E-state index contributed by atoms with van der Waals surface area (Å²) in [7, 11) is 0. The second kappa shape index (κ2) is 7.62. The van der Waals surface area contributed by atoms with E-state index in [4.69, 9.17) is 0 Å². The Kier molecular flexibility index (Phi) is 5.30. The van der Waals surface area contributed by atoms with E-state index in [1.54, 1.807) is 0 Å². The van der Waals surface area contributed by atoms with Crippen molar-refractivity contribution in [1.29, 1.82) is 0 Å². The van der Waals surface area contributed by atoms with Crippen LogP contribution in [0.5, 0.6) is 0 Å². The summed E-state index contributed by atoms with van der Waals surface area (Å²) >= 11 is 1.42. The monoisotopic (exact) mass is 342 g/mol. The molecule has 126 valence electrons. The van der Waals surface area contributed by atoms with Crippen molar-refractivity contribution in [1.82, 2.24) is 10.6 Å². The molecule has 1 fully saturated rings. The predicted octanol–water partition coefficient (Wildman–Crippen LogP) is 2.93. The van der Waals surface area contributed by atoms with Crippen LogP contribution in [0.1, 0.15) is 40.6 Å². The molecule has 3 rings (SSSR count). The molecule has 0 bridgehead atoms. The Morgan fingerprint density at radius 2 is 1.96 bits per heavy atom. The van der Waals surface area contributed by atoms with Crippen LogP contribution in [0.3, 0.4) is 0 Å². The smallest absolute Gasteiger partial charge is 0.262 e. The molecule has 0 radical (unpaired) electrons. The number of rotatable bonds is 7. The largest absolute Gasteiger partial charge is 0.352 e. The molecule has 24 heavy (non-hydrogen) atoms. The first kappa shape index (κ1) is 16.7. The molecule has 5 heteroatoms. The van der Waals surface area contributed by atoms with E-state index in [1.165, 1.54) is 11.3 Å². The van der Waals surface area contributed by atoms with Crippen LogP contribution in [-0.2, 0) is 17.6 Å². The number of hydrogen-bond donors (Lipinski definition) is 2. The third-order valence-electron chi connectivity index (χ3n) is 4.16. The maximum atomic E-state index is 12.6. The third-order valence-corrected chi connectivity index (χ3v) is 5.12. The van der Waals surface area contributed by atoms with E-state index in [9.17, 15) is 9.59 Å². The van der Waals surface area contributed by atoms with Crippen molar-refractivity contribution in [2.45, 2.75) is 44.7 Å². The predicted molar refractivity (Wildman–Crippen MR) is 96.3 cm³/mol. The molecule has 2 N–H and O–H groups in total. The quantitative estimate of drug-likeness (QED) is 0.813. The van der Waals surface area contributed by atoms with Gasteiger partial charge in [0.15, 0.2) is 0 Å². The average Bonchev–Trinajstić information content (AvgIpc) is 3.27. The second-order valence-corrected chi connectivity index (χ2v) is 7.04. The van der Waals surface area contributed by atoms with Gasteiger partial charge in [-0.1, -0.05) is 37.3 Å². The number of carbonyl (C=O) groups is 2. The zero-order chi connectivity index (χ0) is 16.9. The van der Waals surface area contributed by atoms with Crippen molar-refractivity contribution in [3.63, 3.8) is 0 Å². The lowest BCUT2D eigenvalue weighted by atomic mass is 10.0. The van der Waals surface area contributed by atoms with Gasteiger partial charge in [0, 0.05) is 12.5 Å². The van der Waals surface area contributed by atoms with Gasteiger partial charge >= 0.3 is 0 Å². The summed E-state index contributed by atoms with van der Waals surface area (Å²) in [6, 6.07) is 11.5. The van der Waals surface area contributed by atoms with Crippen LogP contribution in [-0.4, -0.2) is 23.9 Å². The molecule has 0 aliphatic heterocycles. The first-order valence-corrected chi connectivity index (χ1v) is 9.27. The van der Waals surface area contributed by atoms with Crippen molar-refractivity contribution in [2.24, 2.45) is 0 Å². The maximum absolute atomic E-state index is 12.6. The fraction of sp³-hybridized carbons (Fsp3) is 0.368. The topological polar surface area (TPSA) is 58.2 Å². The number of aryl methyl sites for hydroxylation is 1. The molecule has 1 aliphatic carbocycles. The molecular formula is C19H22N2O2S. The van der Waals surface area contributed by atoms with Gasteiger partial charge in [-0.2, -0.15) is 0 Å². The maximum Gasteiger partial charge on any atom is 0.262 e. The SMILES string of the molecule is CCc1ccsc1C(=O)NC(Cc1ccccc1)C(=O)NC1CC1. The highest BCUT2D eigenvalue weighted by molar-refractivity contribution is 7.12. The van der Waals surface area contributed by atoms with E-state index in [1.807, 2.05) is 48.7 Å². The Balaban J connectivity index is 1.73. The zero-order valence-electron chi connectivity index (χ0n) is 13.7. The highest BCUT2D eigenvalue weighted by atomic mass is 32.1. The van der Waals surface area contributed by atoms with Gasteiger partial charge in [-0.05, 0) is 41.8 Å². The minimum absolute atomic E-state index is 0.0932. The van der Waals surface area contributed by atoms with E-state index in [2.05, 4.69) is 10.6 Å². The number of benzene rings is 1. The number of amides is 2. The molecule has 1 unspecified atom stereocenters. The highest BCUT2D eigenvalue weighted by Crippen LogP contribution is 2.20. The number of thiophene rings is 1. The molecular weight excluding hydrogens is 320 g/mol. The lowest BCUT2D eigenvalue weighted by Gasteiger charge is -2.18. The summed E-state index contributed by atoms with van der Waals surface area (Å²) in [6.07, 6.45) is 3.37. The molecule has 2 aromatic rings. The minimum Gasteiger partial charge on any atom is -0.352 e. The zero-order valence-corrected chi connectivity index (χ0v) is 14.6. The summed E-state index contributed by atoms with van der Waals surface area (Å²) in [5, 5.41) is 7.86. The summed E-state index contributed by atoms with van der Waals surface area (Å²) in [5.41, 5.74) is 2.06. The molecule has 1 aromatic heterocycles. The first-order chi connectivity index (χ1) is 11.7. The molecule has 0 spiro atoms. The van der Waals surface area contributed by atoms with Crippen molar-refractivity contribution in [3.8, 4) is 0 Å². The van der Waals surface area contributed by atoms with Gasteiger partial charge in [-0.25, -0.2) is 0 Å². The van der Waals surface area contributed by atoms with Gasteiger partial charge in [-0.3, -0.25) is 9.59 Å². The summed E-state index contributed by atoms with van der Waals surface area (Å²) in [5.74, 6) is -0.252. The van der Waals surface area contributed by atoms with E-state index in [0.29, 0.717) is 11.3 Å². The summed E-state index contributed by atoms with van der Waals surface area (Å²) in [6.45, 7) is 2.03. The summed E-state index contributed by atoms with van der Waals surface area (Å²) < 4.78 is 0. The van der Waals surface area contributed by atoms with Crippen LogP contribution in [0.25, 0.3) is 0 Å². The van der Waals surface area contributed by atoms with Crippen molar-refractivity contribution >= 4 is 23.2 Å². The number of hydrogen-bond acceptors (Lipinski definition) is 3. The van der Waals surface area contributed by atoms with Crippen molar-refractivity contribution in [2.75, 3.05) is 0 Å². The molecule has 0 saturated heterocycles. The van der Waals surface area contributed by atoms with Crippen LogP contribution in [0.4, 0.5) is 0 Å². The average molecular weight is 342 g/mol. The molecule has 4 nitrogen and oxygen atoms in total. The molecule has 1 aromatic carbocycles. The molecule has 2 amide bonds. The second-order valence-electron chi connectivity index (χ2n) is 6.13. The number of nitrogens with one attached hydrogen (secondary N) is 2. The van der Waals surface area contributed by atoms with Gasteiger partial charge in [0.2, 0.25) is 5.91 Å². The summed E-state index contributed by atoms with van der Waals surface area (Å²) in [4.78, 5) is 25.8. The van der Waals surface area contributed by atoms with E-state index in [0.717, 1.165) is 30.4 Å². The lowest BCUT2D eigenvalue weighted by Crippen LogP contribution is -2.48. The van der Waals surface area contributed by atoms with Gasteiger partial charge in [0.05, 0.1) is 4.88 Å². The Morgan fingerprint density at radius 1 is 1.21 bits per heavy atom. The van der Waals surface area contributed by atoms with Gasteiger partial charge in [-0.15, -0.1) is 11.3 Å². The van der Waals surface area contributed by atoms with Gasteiger partial charge in [0.1, 0.15) is 6.04 Å². The van der Waals surface area contributed by atoms with Crippen LogP contribution >= 0.6 is 11.3 Å². The highest BCUT2D eigenvalue weighted by Gasteiger charge is 2.29. The van der Waals surface area contributed by atoms with Crippen LogP contribution in [0.2, 0.25) is 0 Å². The fourth-order valence-corrected chi connectivity index (χ4v) is 3.52. The number of carbonyl (C=O) groups excluding carboxylic acids is 2. The lowest BCUT2D eigenvalue weighted by molar-refractivity contribution is -0.123. The molecule has 1 heterocycles. The van der Waals surface area contributed by atoms with Crippen LogP contribution < -0.4 is 10.6 Å². The standard InChI is InChI=1S/C19H22N2O2S/c1-2-14-10-11-24-17(14)19(23)21-16(18(22)20-15-8-9-15)12-13-6-4-3-5-7-13/h3-7,10-11,15-16H,2,8-9,12H2,1H3,(H,20,22)(H,21,23). The van der Waals surface area contributed by atoms with E-state index in [-0.39, 0.29) is 17.9 Å². The van der Waals surface area contributed by atoms with Gasteiger partial charge < -0.3 is 10.6 Å². The molecule has 1 saturated carbocycles. The van der Waals surface area contributed by atoms with Gasteiger partial charge in [0.25, 0.3) is 5.91 Å². The Morgan fingerprint density at radius 3 is 2.62 bits per heavy atom. The Bertz CT molecular complexity index is 707. The Hall–Kier alpha value is -2.14. The van der Waals surface area contributed by atoms with E-state index >= 15 is 0 Å². The van der Waals surface area contributed by atoms with Crippen LogP contribution in [0, 0.1) is 0 Å². The van der Waals surface area contributed by atoms with Crippen LogP contribution in [0.15, 0.2) is 41.8 Å². The Labute approximate surface area is 146 Å². The van der Waals surface area contributed by atoms with Crippen molar-refractivity contribution < 1.29 is 9.59 Å².